The lowest BCUT2D eigenvalue weighted by Gasteiger charge is -2.32. The highest BCUT2D eigenvalue weighted by atomic mass is 16.5. The van der Waals surface area contributed by atoms with E-state index >= 15 is 0 Å². The molecule has 1 aromatic carbocycles. The van der Waals surface area contributed by atoms with Gasteiger partial charge in [0, 0.05) is 19.3 Å². The van der Waals surface area contributed by atoms with E-state index in [2.05, 4.69) is 45.0 Å². The summed E-state index contributed by atoms with van der Waals surface area (Å²) in [5.74, 6) is 0.397. The minimum atomic E-state index is -0.287. The van der Waals surface area contributed by atoms with Crippen LogP contribution in [0.3, 0.4) is 0 Å². The van der Waals surface area contributed by atoms with Gasteiger partial charge in [-0.25, -0.2) is 0 Å². The summed E-state index contributed by atoms with van der Waals surface area (Å²) in [5, 5.41) is 0. The third-order valence-corrected chi connectivity index (χ3v) is 3.42. The fourth-order valence-electron chi connectivity index (χ4n) is 1.86. The van der Waals surface area contributed by atoms with E-state index < -0.39 is 0 Å². The molecular formula is C14H23NO. The largest absolute Gasteiger partial charge is 0.385 e. The van der Waals surface area contributed by atoms with Gasteiger partial charge in [-0.1, -0.05) is 36.8 Å². The fraction of sp³-hybridized carbons (Fsp3) is 0.571. The van der Waals surface area contributed by atoms with Gasteiger partial charge in [-0.05, 0) is 31.7 Å². The topological polar surface area (TPSA) is 35.2 Å². The Labute approximate surface area is 98.8 Å². The number of rotatable bonds is 5. The van der Waals surface area contributed by atoms with Crippen LogP contribution in [-0.2, 0) is 10.3 Å². The first-order chi connectivity index (χ1) is 7.48. The molecule has 16 heavy (non-hydrogen) atoms. The van der Waals surface area contributed by atoms with Gasteiger partial charge in [0.15, 0.2) is 0 Å². The summed E-state index contributed by atoms with van der Waals surface area (Å²) < 4.78 is 5.11. The Bertz CT molecular complexity index is 333. The number of benzene rings is 1. The summed E-state index contributed by atoms with van der Waals surface area (Å²) in [6.07, 6.45) is 0.984. The number of hydrogen-bond donors (Lipinski definition) is 1. The summed E-state index contributed by atoms with van der Waals surface area (Å²) >= 11 is 0. The molecule has 0 fully saturated rings. The molecule has 2 nitrogen and oxygen atoms in total. The number of nitrogens with two attached hydrogens (primary N) is 1. The van der Waals surface area contributed by atoms with Crippen molar-refractivity contribution >= 4 is 0 Å². The predicted molar refractivity (Wildman–Crippen MR) is 68.4 cm³/mol. The van der Waals surface area contributed by atoms with E-state index in [1.807, 2.05) is 0 Å². The van der Waals surface area contributed by atoms with Crippen molar-refractivity contribution < 1.29 is 4.74 Å². The Kier molecular flexibility index (Phi) is 4.51. The van der Waals surface area contributed by atoms with Crippen molar-refractivity contribution in [2.45, 2.75) is 32.7 Å². The molecule has 2 heteroatoms. The minimum absolute atomic E-state index is 0.287. The van der Waals surface area contributed by atoms with E-state index in [1.165, 1.54) is 11.1 Å². The van der Waals surface area contributed by atoms with Crippen molar-refractivity contribution in [3.05, 3.63) is 35.4 Å². The van der Waals surface area contributed by atoms with Crippen molar-refractivity contribution in [3.8, 4) is 0 Å². The van der Waals surface area contributed by atoms with Gasteiger partial charge < -0.3 is 10.5 Å². The molecule has 0 saturated carbocycles. The molecule has 90 valence electrons. The highest BCUT2D eigenvalue weighted by Gasteiger charge is 2.28. The Balaban J connectivity index is 2.83. The highest BCUT2D eigenvalue weighted by molar-refractivity contribution is 5.28. The van der Waals surface area contributed by atoms with E-state index in [4.69, 9.17) is 10.5 Å². The third-order valence-electron chi connectivity index (χ3n) is 3.42. The molecule has 0 saturated heterocycles. The normalized spacial score (nSPS) is 16.8. The van der Waals surface area contributed by atoms with Crippen LogP contribution in [0.25, 0.3) is 0 Å². The zero-order valence-electron chi connectivity index (χ0n) is 10.8. The van der Waals surface area contributed by atoms with Crippen LogP contribution in [0.15, 0.2) is 24.3 Å². The second kappa shape index (κ2) is 5.46. The lowest BCUT2D eigenvalue weighted by molar-refractivity contribution is 0.159. The quantitative estimate of drug-likeness (QED) is 0.829. The summed E-state index contributed by atoms with van der Waals surface area (Å²) in [7, 11) is 1.73. The van der Waals surface area contributed by atoms with Crippen molar-refractivity contribution in [1.82, 2.24) is 0 Å². The van der Waals surface area contributed by atoms with E-state index in [0.717, 1.165) is 13.0 Å². The first-order valence-corrected chi connectivity index (χ1v) is 5.83. The van der Waals surface area contributed by atoms with Gasteiger partial charge in [-0.2, -0.15) is 0 Å². The Morgan fingerprint density at radius 1 is 1.44 bits per heavy atom. The second-order valence-electron chi connectivity index (χ2n) is 4.83. The van der Waals surface area contributed by atoms with Gasteiger partial charge in [0.05, 0.1) is 0 Å². The molecule has 0 bridgehead atoms. The van der Waals surface area contributed by atoms with Gasteiger partial charge in [0.1, 0.15) is 0 Å². The number of hydrogen-bond acceptors (Lipinski definition) is 2. The Morgan fingerprint density at radius 3 is 2.69 bits per heavy atom. The molecule has 0 aromatic heterocycles. The number of aryl methyl sites for hydroxylation is 1. The minimum Gasteiger partial charge on any atom is -0.385 e. The van der Waals surface area contributed by atoms with Gasteiger partial charge in [0.2, 0.25) is 0 Å². The number of methoxy groups -OCH3 is 1. The van der Waals surface area contributed by atoms with Crippen LogP contribution < -0.4 is 5.73 Å². The molecule has 1 aromatic rings. The molecule has 0 aliphatic carbocycles. The fourth-order valence-corrected chi connectivity index (χ4v) is 1.86. The molecule has 0 heterocycles. The lowest BCUT2D eigenvalue weighted by Crippen LogP contribution is -2.40. The molecule has 2 atom stereocenters. The maximum Gasteiger partial charge on any atom is 0.0465 e. The summed E-state index contributed by atoms with van der Waals surface area (Å²) in [6, 6.07) is 8.44. The Morgan fingerprint density at radius 2 is 2.12 bits per heavy atom. The van der Waals surface area contributed by atoms with Crippen LogP contribution in [0.5, 0.6) is 0 Å². The average molecular weight is 221 g/mol. The van der Waals surface area contributed by atoms with Crippen LogP contribution in [0, 0.1) is 12.8 Å². The molecular weight excluding hydrogens is 198 g/mol. The number of ether oxygens (including phenoxy) is 1. The zero-order chi connectivity index (χ0) is 12.2. The van der Waals surface area contributed by atoms with Crippen molar-refractivity contribution in [2.75, 3.05) is 13.7 Å². The standard InChI is InChI=1S/C14H23NO/c1-11-6-5-7-13(10-11)14(3,15)12(2)8-9-16-4/h5-7,10,12H,8-9,15H2,1-4H3. The van der Waals surface area contributed by atoms with Crippen molar-refractivity contribution in [1.29, 1.82) is 0 Å². The molecule has 2 N–H and O–H groups in total. The van der Waals surface area contributed by atoms with Gasteiger partial charge in [-0.15, -0.1) is 0 Å². The van der Waals surface area contributed by atoms with E-state index in [0.29, 0.717) is 5.92 Å². The van der Waals surface area contributed by atoms with Crippen LogP contribution >= 0.6 is 0 Å². The van der Waals surface area contributed by atoms with E-state index in [9.17, 15) is 0 Å². The third kappa shape index (κ3) is 3.06. The molecule has 0 spiro atoms. The van der Waals surface area contributed by atoms with Crippen molar-refractivity contribution in [2.24, 2.45) is 11.7 Å². The van der Waals surface area contributed by atoms with Gasteiger partial charge in [-0.3, -0.25) is 0 Å². The van der Waals surface area contributed by atoms with E-state index in [-0.39, 0.29) is 5.54 Å². The molecule has 0 aliphatic rings. The van der Waals surface area contributed by atoms with Crippen molar-refractivity contribution in [3.63, 3.8) is 0 Å². The first-order valence-electron chi connectivity index (χ1n) is 5.83. The summed E-state index contributed by atoms with van der Waals surface area (Å²) in [6.45, 7) is 7.14. The van der Waals surface area contributed by atoms with Gasteiger partial charge in [0.25, 0.3) is 0 Å². The highest BCUT2D eigenvalue weighted by Crippen LogP contribution is 2.29. The second-order valence-corrected chi connectivity index (χ2v) is 4.83. The SMILES string of the molecule is COCCC(C)C(C)(N)c1cccc(C)c1. The average Bonchev–Trinajstić information content (AvgIpc) is 2.25. The first kappa shape index (κ1) is 13.2. The van der Waals surface area contributed by atoms with Crippen LogP contribution in [-0.4, -0.2) is 13.7 Å². The zero-order valence-corrected chi connectivity index (χ0v) is 10.8. The molecule has 0 radical (unpaired) electrons. The summed E-state index contributed by atoms with van der Waals surface area (Å²) in [5.41, 5.74) is 8.61. The van der Waals surface area contributed by atoms with Crippen LogP contribution in [0.1, 0.15) is 31.4 Å². The van der Waals surface area contributed by atoms with Crippen LogP contribution in [0.4, 0.5) is 0 Å². The molecule has 0 amide bonds. The Hall–Kier alpha value is -0.860. The monoisotopic (exact) mass is 221 g/mol. The molecule has 0 aliphatic heterocycles. The van der Waals surface area contributed by atoms with E-state index in [1.54, 1.807) is 7.11 Å². The van der Waals surface area contributed by atoms with Gasteiger partial charge >= 0.3 is 0 Å². The summed E-state index contributed by atoms with van der Waals surface area (Å²) in [4.78, 5) is 0. The predicted octanol–water partition coefficient (Wildman–Crippen LogP) is 2.84. The molecule has 1 rings (SSSR count). The lowest BCUT2D eigenvalue weighted by atomic mass is 9.79. The maximum atomic E-state index is 6.44. The smallest absolute Gasteiger partial charge is 0.0465 e. The molecule has 2 unspecified atom stereocenters. The maximum absolute atomic E-state index is 6.44. The van der Waals surface area contributed by atoms with Crippen LogP contribution in [0.2, 0.25) is 0 Å².